The normalized spacial score (nSPS) is 23.1. The van der Waals surface area contributed by atoms with Gasteiger partial charge in [-0.2, -0.15) is 0 Å². The second-order valence-corrected chi connectivity index (χ2v) is 5.63. The number of carboxylic acid groups (broad SMARTS) is 1. The van der Waals surface area contributed by atoms with Gasteiger partial charge in [-0.05, 0) is 38.8 Å². The van der Waals surface area contributed by atoms with Crippen LogP contribution in [0.2, 0.25) is 0 Å². The van der Waals surface area contributed by atoms with Gasteiger partial charge in [0.05, 0.1) is 23.2 Å². The number of ether oxygens (including phenoxy) is 1. The molecule has 0 aliphatic carbocycles. The van der Waals surface area contributed by atoms with E-state index in [1.54, 1.807) is 12.1 Å². The molecule has 1 N–H and O–H groups in total. The molecule has 5 heteroatoms. The van der Waals surface area contributed by atoms with Gasteiger partial charge in [0.15, 0.2) is 0 Å². The summed E-state index contributed by atoms with van der Waals surface area (Å²) in [4.78, 5) is 15.8. The smallest absolute Gasteiger partial charge is 0.337 e. The first kappa shape index (κ1) is 13.1. The summed E-state index contributed by atoms with van der Waals surface area (Å²) in [6.07, 6.45) is 2.02. The van der Waals surface area contributed by atoms with Crippen LogP contribution in [0.5, 0.6) is 0 Å². The van der Waals surface area contributed by atoms with Crippen LogP contribution in [0.1, 0.15) is 35.9 Å². The van der Waals surface area contributed by atoms with Gasteiger partial charge in [-0.25, -0.2) is 9.78 Å². The van der Waals surface area contributed by atoms with Gasteiger partial charge >= 0.3 is 5.97 Å². The average molecular weight is 274 g/mol. The second kappa shape index (κ2) is 4.59. The van der Waals surface area contributed by atoms with Crippen molar-refractivity contribution in [2.24, 2.45) is 0 Å². The van der Waals surface area contributed by atoms with Gasteiger partial charge in [-0.3, -0.25) is 0 Å². The van der Waals surface area contributed by atoms with Gasteiger partial charge in [-0.1, -0.05) is 6.07 Å². The molecule has 106 valence electrons. The van der Waals surface area contributed by atoms with Gasteiger partial charge in [0.2, 0.25) is 0 Å². The lowest BCUT2D eigenvalue weighted by atomic mass is 9.94. The summed E-state index contributed by atoms with van der Waals surface area (Å²) in [7, 11) is 0. The Balaban J connectivity index is 2.23. The molecule has 1 unspecified atom stereocenters. The second-order valence-electron chi connectivity index (χ2n) is 5.63. The molecule has 1 aliphatic rings. The van der Waals surface area contributed by atoms with Crippen molar-refractivity contribution >= 4 is 17.0 Å². The van der Waals surface area contributed by atoms with Crippen LogP contribution in [0.15, 0.2) is 18.2 Å². The Morgan fingerprint density at radius 1 is 1.50 bits per heavy atom. The molecule has 1 aliphatic heterocycles. The first-order chi connectivity index (χ1) is 9.53. The summed E-state index contributed by atoms with van der Waals surface area (Å²) in [6.45, 7) is 5.50. The molecule has 5 nitrogen and oxygen atoms in total. The predicted octanol–water partition coefficient (Wildman–Crippen LogP) is 2.57. The van der Waals surface area contributed by atoms with Crippen LogP contribution in [-0.2, 0) is 10.3 Å². The van der Waals surface area contributed by atoms with E-state index < -0.39 is 5.97 Å². The van der Waals surface area contributed by atoms with Crippen molar-refractivity contribution in [1.29, 1.82) is 0 Å². The Labute approximate surface area is 117 Å². The van der Waals surface area contributed by atoms with Crippen LogP contribution in [0.3, 0.4) is 0 Å². The third-order valence-electron chi connectivity index (χ3n) is 4.04. The highest BCUT2D eigenvalue weighted by atomic mass is 16.5. The molecule has 1 atom stereocenters. The molecule has 0 spiro atoms. The molecule has 0 amide bonds. The van der Waals surface area contributed by atoms with E-state index in [0.29, 0.717) is 12.1 Å². The number of hydrogen-bond acceptors (Lipinski definition) is 3. The number of rotatable bonds is 2. The number of nitrogens with zero attached hydrogens (tertiary/aromatic N) is 2. The number of hydrogen-bond donors (Lipinski definition) is 1. The Bertz CT molecular complexity index is 669. The Kier molecular flexibility index (Phi) is 3.01. The Morgan fingerprint density at radius 2 is 2.30 bits per heavy atom. The van der Waals surface area contributed by atoms with Crippen LogP contribution >= 0.6 is 0 Å². The molecule has 2 aromatic rings. The fourth-order valence-electron chi connectivity index (χ4n) is 3.17. The van der Waals surface area contributed by atoms with Crippen molar-refractivity contribution in [1.82, 2.24) is 9.55 Å². The fraction of sp³-hybridized carbons (Fsp3) is 0.467. The van der Waals surface area contributed by atoms with E-state index in [2.05, 4.69) is 16.5 Å². The summed E-state index contributed by atoms with van der Waals surface area (Å²) >= 11 is 0. The molecule has 3 rings (SSSR count). The minimum absolute atomic E-state index is 0.159. The highest BCUT2D eigenvalue weighted by molar-refractivity contribution is 6.01. The quantitative estimate of drug-likeness (QED) is 0.914. The Morgan fingerprint density at radius 3 is 2.95 bits per heavy atom. The van der Waals surface area contributed by atoms with Gasteiger partial charge in [0, 0.05) is 6.61 Å². The molecule has 1 aromatic heterocycles. The van der Waals surface area contributed by atoms with Crippen molar-refractivity contribution < 1.29 is 14.6 Å². The summed E-state index contributed by atoms with van der Waals surface area (Å²) in [5.41, 5.74) is 1.53. The molecule has 1 aromatic carbocycles. The number of fused-ring (bicyclic) bond motifs is 1. The van der Waals surface area contributed by atoms with E-state index in [4.69, 9.17) is 4.74 Å². The van der Waals surface area contributed by atoms with Crippen molar-refractivity contribution in [2.75, 3.05) is 13.2 Å². The lowest BCUT2D eigenvalue weighted by molar-refractivity contribution is 0.0105. The van der Waals surface area contributed by atoms with Gasteiger partial charge in [-0.15, -0.1) is 0 Å². The first-order valence-electron chi connectivity index (χ1n) is 6.82. The maximum atomic E-state index is 11.3. The maximum Gasteiger partial charge on any atom is 0.337 e. The highest BCUT2D eigenvalue weighted by Gasteiger charge is 2.33. The van der Waals surface area contributed by atoms with E-state index in [1.807, 2.05) is 13.0 Å². The zero-order valence-corrected chi connectivity index (χ0v) is 11.7. The number of carboxylic acids is 1. The first-order valence-corrected chi connectivity index (χ1v) is 6.82. The standard InChI is InChI=1S/C15H18N2O3/c1-10-16-13-11(14(18)19)5-3-6-12(13)17(10)15(2)7-4-8-20-9-15/h3,5-6H,4,7-9H2,1-2H3,(H,18,19). The number of carbonyl (C=O) groups is 1. The number of aromatic carboxylic acids is 1. The summed E-state index contributed by atoms with van der Waals surface area (Å²) < 4.78 is 7.76. The number of para-hydroxylation sites is 1. The van der Waals surface area contributed by atoms with E-state index in [-0.39, 0.29) is 11.1 Å². The van der Waals surface area contributed by atoms with E-state index in [9.17, 15) is 9.90 Å². The molecule has 1 saturated heterocycles. The van der Waals surface area contributed by atoms with E-state index >= 15 is 0 Å². The zero-order chi connectivity index (χ0) is 14.3. The zero-order valence-electron chi connectivity index (χ0n) is 11.7. The molecular weight excluding hydrogens is 256 g/mol. The van der Waals surface area contributed by atoms with Gasteiger partial charge < -0.3 is 14.4 Å². The maximum absolute atomic E-state index is 11.3. The van der Waals surface area contributed by atoms with Crippen LogP contribution in [0, 0.1) is 6.92 Å². The topological polar surface area (TPSA) is 64.3 Å². The SMILES string of the molecule is Cc1nc2c(C(=O)O)cccc2n1C1(C)CCCOC1. The summed E-state index contributed by atoms with van der Waals surface area (Å²) in [6, 6.07) is 5.30. The largest absolute Gasteiger partial charge is 0.478 e. The monoisotopic (exact) mass is 274 g/mol. The summed E-state index contributed by atoms with van der Waals surface area (Å²) in [5.74, 6) is -0.105. The number of aromatic nitrogens is 2. The van der Waals surface area contributed by atoms with Gasteiger partial charge in [0.1, 0.15) is 11.3 Å². The van der Waals surface area contributed by atoms with E-state index in [1.165, 1.54) is 0 Å². The van der Waals surface area contributed by atoms with Crippen LogP contribution < -0.4 is 0 Å². The van der Waals surface area contributed by atoms with Crippen LogP contribution in [-0.4, -0.2) is 33.8 Å². The van der Waals surface area contributed by atoms with Crippen molar-refractivity contribution in [2.45, 2.75) is 32.2 Å². The molecular formula is C15H18N2O3. The lowest BCUT2D eigenvalue weighted by Crippen LogP contribution is -2.39. The highest BCUT2D eigenvalue weighted by Crippen LogP contribution is 2.33. The predicted molar refractivity (Wildman–Crippen MR) is 75.1 cm³/mol. The minimum atomic E-state index is -0.940. The third-order valence-corrected chi connectivity index (χ3v) is 4.04. The fourth-order valence-corrected chi connectivity index (χ4v) is 3.17. The third kappa shape index (κ3) is 1.89. The number of benzene rings is 1. The summed E-state index contributed by atoms with van der Waals surface area (Å²) in [5, 5.41) is 9.28. The van der Waals surface area contributed by atoms with E-state index in [0.717, 1.165) is 30.8 Å². The lowest BCUT2D eigenvalue weighted by Gasteiger charge is -2.36. The van der Waals surface area contributed by atoms with Crippen LogP contribution in [0.4, 0.5) is 0 Å². The molecule has 0 radical (unpaired) electrons. The van der Waals surface area contributed by atoms with Crippen molar-refractivity contribution in [3.05, 3.63) is 29.6 Å². The number of aryl methyl sites for hydroxylation is 1. The molecule has 0 bridgehead atoms. The van der Waals surface area contributed by atoms with Crippen molar-refractivity contribution in [3.8, 4) is 0 Å². The number of imidazole rings is 1. The molecule has 0 saturated carbocycles. The van der Waals surface area contributed by atoms with Crippen molar-refractivity contribution in [3.63, 3.8) is 0 Å². The molecule has 1 fully saturated rings. The minimum Gasteiger partial charge on any atom is -0.478 e. The molecule has 2 heterocycles. The van der Waals surface area contributed by atoms with Crippen LogP contribution in [0.25, 0.3) is 11.0 Å². The van der Waals surface area contributed by atoms with Gasteiger partial charge in [0.25, 0.3) is 0 Å². The Hall–Kier alpha value is -1.88. The average Bonchev–Trinajstić information content (AvgIpc) is 2.75. The molecule has 20 heavy (non-hydrogen) atoms.